The Morgan fingerprint density at radius 1 is 1.17 bits per heavy atom. The van der Waals surface area contributed by atoms with Crippen molar-refractivity contribution in [3.8, 4) is 0 Å². The number of rotatable bonds is 6. The Hall–Kier alpha value is -2.79. The number of sulfonamides is 1. The van der Waals surface area contributed by atoms with Gasteiger partial charge in [0.25, 0.3) is 0 Å². The monoisotopic (exact) mass is 544 g/mol. The summed E-state index contributed by atoms with van der Waals surface area (Å²) >= 11 is 7.24. The van der Waals surface area contributed by atoms with Crippen molar-refractivity contribution in [2.24, 2.45) is 0 Å². The maximum absolute atomic E-state index is 13.3. The summed E-state index contributed by atoms with van der Waals surface area (Å²) in [6.45, 7) is 3.07. The molecule has 1 fully saturated rings. The predicted octanol–water partition coefficient (Wildman–Crippen LogP) is 3.35. The molecule has 0 radical (unpaired) electrons. The van der Waals surface area contributed by atoms with E-state index in [1.54, 1.807) is 21.9 Å². The molecule has 188 valence electrons. The van der Waals surface area contributed by atoms with E-state index < -0.39 is 15.4 Å². The Balaban J connectivity index is 1.47. The average Bonchev–Trinajstić information content (AvgIpc) is 3.56. The number of amides is 2. The number of nitrogens with zero attached hydrogens (tertiary/aromatic N) is 3. The molecule has 36 heavy (non-hydrogen) atoms. The second-order valence-corrected chi connectivity index (χ2v) is 12.7. The number of nitrogens with one attached hydrogen (secondary N) is 1. The molecule has 1 atom stereocenters. The van der Waals surface area contributed by atoms with Gasteiger partial charge in [-0.2, -0.15) is 0 Å². The number of anilines is 1. The van der Waals surface area contributed by atoms with Gasteiger partial charge < -0.3 is 9.80 Å². The van der Waals surface area contributed by atoms with Crippen LogP contribution in [0.4, 0.5) is 5.69 Å². The third-order valence-corrected chi connectivity index (χ3v) is 9.35. The molecule has 1 N–H and O–H groups in total. The van der Waals surface area contributed by atoms with Crippen molar-refractivity contribution < 1.29 is 18.0 Å². The van der Waals surface area contributed by atoms with Crippen molar-refractivity contribution in [2.75, 3.05) is 24.5 Å². The Labute approximate surface area is 218 Å². The van der Waals surface area contributed by atoms with Gasteiger partial charge in [0, 0.05) is 44.2 Å². The maximum Gasteiger partial charge on any atom is 0.240 e. The molecule has 2 aliphatic heterocycles. The molecule has 2 aliphatic rings. The lowest BCUT2D eigenvalue weighted by atomic mass is 9.81. The molecule has 8 nitrogen and oxygen atoms in total. The molecule has 2 aromatic carbocycles. The van der Waals surface area contributed by atoms with Crippen molar-refractivity contribution >= 4 is 50.5 Å². The minimum absolute atomic E-state index is 0.0380. The van der Waals surface area contributed by atoms with E-state index in [1.165, 1.54) is 30.5 Å². The number of aromatic nitrogens is 1. The Kier molecular flexibility index (Phi) is 6.63. The molecular formula is C25H25ClN4O4S2. The number of carbonyl (C=O) groups excluding carboxylic acids is 2. The summed E-state index contributed by atoms with van der Waals surface area (Å²) in [4.78, 5) is 33.2. The molecule has 5 rings (SSSR count). The van der Waals surface area contributed by atoms with Crippen molar-refractivity contribution in [1.29, 1.82) is 0 Å². The molecule has 1 saturated heterocycles. The van der Waals surface area contributed by atoms with Crippen molar-refractivity contribution in [2.45, 2.75) is 36.6 Å². The van der Waals surface area contributed by atoms with Crippen LogP contribution in [-0.4, -0.2) is 49.8 Å². The van der Waals surface area contributed by atoms with Gasteiger partial charge >= 0.3 is 0 Å². The fraction of sp³-hybridized carbons (Fsp3) is 0.320. The molecule has 0 saturated carbocycles. The highest BCUT2D eigenvalue weighted by atomic mass is 35.5. The zero-order valence-electron chi connectivity index (χ0n) is 19.6. The average molecular weight is 545 g/mol. The smallest absolute Gasteiger partial charge is 0.240 e. The number of carbonyl (C=O) groups is 2. The third-order valence-electron chi connectivity index (χ3n) is 6.84. The van der Waals surface area contributed by atoms with E-state index >= 15 is 0 Å². The zero-order valence-corrected chi connectivity index (χ0v) is 22.0. The second-order valence-electron chi connectivity index (χ2n) is 9.17. The fourth-order valence-corrected chi connectivity index (χ4v) is 6.97. The summed E-state index contributed by atoms with van der Waals surface area (Å²) in [6.07, 6.45) is 2.27. The number of benzene rings is 2. The van der Waals surface area contributed by atoms with Gasteiger partial charge in [-0.05, 0) is 35.7 Å². The van der Waals surface area contributed by atoms with E-state index in [4.69, 9.17) is 11.6 Å². The molecule has 0 aliphatic carbocycles. The first-order valence-corrected chi connectivity index (χ1v) is 14.2. The van der Waals surface area contributed by atoms with Gasteiger partial charge in [0.1, 0.15) is 9.34 Å². The number of halogens is 1. The van der Waals surface area contributed by atoms with Crippen molar-refractivity contribution in [1.82, 2.24) is 14.6 Å². The van der Waals surface area contributed by atoms with E-state index in [0.29, 0.717) is 41.1 Å². The standard InChI is InChI=1S/C25H25ClN4O4S2/c1-17(31)29-10-9-25(15-29)16-30(24(32)12-23-27-14-22(26)35-23)21-8-7-19(11-20(21)25)36(33,34)28-13-18-5-3-2-4-6-18/h2-8,11,14,28H,9-10,12-13,15-16H2,1H3. The molecule has 0 bridgehead atoms. The minimum atomic E-state index is -3.80. The van der Waals surface area contributed by atoms with Gasteiger partial charge in [0.15, 0.2) is 0 Å². The molecule has 1 aromatic heterocycles. The van der Waals surface area contributed by atoms with E-state index in [1.807, 2.05) is 30.3 Å². The predicted molar refractivity (Wildman–Crippen MR) is 139 cm³/mol. The Morgan fingerprint density at radius 3 is 2.61 bits per heavy atom. The second kappa shape index (κ2) is 9.59. The van der Waals surface area contributed by atoms with Gasteiger partial charge in [-0.15, -0.1) is 11.3 Å². The Bertz CT molecular complexity index is 1430. The number of fused-ring (bicyclic) bond motifs is 2. The van der Waals surface area contributed by atoms with Gasteiger partial charge in [-0.3, -0.25) is 9.59 Å². The molecular weight excluding hydrogens is 520 g/mol. The first-order valence-electron chi connectivity index (χ1n) is 11.5. The van der Waals surface area contributed by atoms with Crippen LogP contribution in [0.3, 0.4) is 0 Å². The van der Waals surface area contributed by atoms with Gasteiger partial charge in [0.05, 0.1) is 17.5 Å². The van der Waals surface area contributed by atoms with Crippen molar-refractivity contribution in [3.05, 3.63) is 75.2 Å². The summed E-state index contributed by atoms with van der Waals surface area (Å²) in [6, 6.07) is 14.2. The summed E-state index contributed by atoms with van der Waals surface area (Å²) in [5.41, 5.74) is 1.78. The van der Waals surface area contributed by atoms with E-state index in [-0.39, 0.29) is 29.7 Å². The van der Waals surface area contributed by atoms with Gasteiger partial charge in [0.2, 0.25) is 21.8 Å². The summed E-state index contributed by atoms with van der Waals surface area (Å²) in [5, 5.41) is 0.619. The number of hydrogen-bond donors (Lipinski definition) is 1. The lowest BCUT2D eigenvalue weighted by Crippen LogP contribution is -2.40. The van der Waals surface area contributed by atoms with E-state index in [0.717, 1.165) is 11.1 Å². The highest BCUT2D eigenvalue weighted by molar-refractivity contribution is 7.89. The minimum Gasteiger partial charge on any atom is -0.342 e. The number of likely N-dealkylation sites (tertiary alicyclic amines) is 1. The number of thiazole rings is 1. The molecule has 2 amide bonds. The quantitative estimate of drug-likeness (QED) is 0.513. The van der Waals surface area contributed by atoms with Crippen LogP contribution >= 0.6 is 22.9 Å². The van der Waals surface area contributed by atoms with Crippen LogP contribution in [0.25, 0.3) is 0 Å². The van der Waals surface area contributed by atoms with Crippen LogP contribution in [0.1, 0.15) is 29.5 Å². The summed E-state index contributed by atoms with van der Waals surface area (Å²) in [7, 11) is -3.80. The maximum atomic E-state index is 13.3. The zero-order chi connectivity index (χ0) is 25.5. The van der Waals surface area contributed by atoms with Gasteiger partial charge in [-0.1, -0.05) is 41.9 Å². The first-order chi connectivity index (χ1) is 17.2. The summed E-state index contributed by atoms with van der Waals surface area (Å²) < 4.78 is 29.5. The molecule has 3 heterocycles. The largest absolute Gasteiger partial charge is 0.342 e. The van der Waals surface area contributed by atoms with E-state index in [2.05, 4.69) is 9.71 Å². The molecule has 1 spiro atoms. The normalized spacial score (nSPS) is 19.2. The highest BCUT2D eigenvalue weighted by Crippen LogP contribution is 2.47. The number of hydrogen-bond acceptors (Lipinski definition) is 6. The molecule has 3 aromatic rings. The molecule has 11 heteroatoms. The van der Waals surface area contributed by atoms with Crippen LogP contribution in [0, 0.1) is 0 Å². The SMILES string of the molecule is CC(=O)N1CCC2(C1)CN(C(=O)Cc1ncc(Cl)s1)c1ccc(S(=O)(=O)NCc3ccccc3)cc12. The van der Waals surface area contributed by atoms with Gasteiger partial charge in [-0.25, -0.2) is 18.1 Å². The lowest BCUT2D eigenvalue weighted by molar-refractivity contribution is -0.127. The van der Waals surface area contributed by atoms with Crippen LogP contribution in [-0.2, 0) is 38.0 Å². The first kappa shape index (κ1) is 24.9. The van der Waals surface area contributed by atoms with Crippen LogP contribution in [0.5, 0.6) is 0 Å². The van der Waals surface area contributed by atoms with Crippen LogP contribution in [0.15, 0.2) is 59.6 Å². The van der Waals surface area contributed by atoms with Crippen molar-refractivity contribution in [3.63, 3.8) is 0 Å². The third kappa shape index (κ3) is 4.78. The highest BCUT2D eigenvalue weighted by Gasteiger charge is 2.49. The topological polar surface area (TPSA) is 99.7 Å². The van der Waals surface area contributed by atoms with E-state index in [9.17, 15) is 18.0 Å². The lowest BCUT2D eigenvalue weighted by Gasteiger charge is -2.25. The molecule has 1 unspecified atom stereocenters. The van der Waals surface area contributed by atoms with Crippen LogP contribution < -0.4 is 9.62 Å². The van der Waals surface area contributed by atoms with Crippen LogP contribution in [0.2, 0.25) is 4.34 Å². The summed E-state index contributed by atoms with van der Waals surface area (Å²) in [5.74, 6) is -0.179. The fourth-order valence-electron chi connectivity index (χ4n) is 4.98. The Morgan fingerprint density at radius 2 is 1.94 bits per heavy atom.